The second-order valence-electron chi connectivity index (χ2n) is 5.77. The number of hydrogen-bond acceptors (Lipinski definition) is 8. The largest absolute Gasteiger partial charge is 0.493 e. The van der Waals surface area contributed by atoms with Gasteiger partial charge in [-0.3, -0.25) is 15.5 Å². The van der Waals surface area contributed by atoms with Crippen molar-refractivity contribution in [3.05, 3.63) is 74.8 Å². The Hall–Kier alpha value is -3.46. The predicted molar refractivity (Wildman–Crippen MR) is 108 cm³/mol. The predicted octanol–water partition coefficient (Wildman–Crippen LogP) is 4.39. The highest BCUT2D eigenvalue weighted by Gasteiger charge is 2.22. The van der Waals surface area contributed by atoms with Crippen LogP contribution in [0.3, 0.4) is 0 Å². The summed E-state index contributed by atoms with van der Waals surface area (Å²) in [5.74, 6) is 0.341. The third kappa shape index (κ3) is 4.83. The van der Waals surface area contributed by atoms with Crippen molar-refractivity contribution in [3.63, 3.8) is 0 Å². The fraction of sp³-hybridized carbons (Fsp3) is 0.158. The Kier molecular flexibility index (Phi) is 6.18. The van der Waals surface area contributed by atoms with E-state index in [9.17, 15) is 10.1 Å². The van der Waals surface area contributed by atoms with Crippen LogP contribution in [0.25, 0.3) is 0 Å². The van der Waals surface area contributed by atoms with Crippen molar-refractivity contribution >= 4 is 28.4 Å². The number of nitro benzene ring substituents is 1. The molecule has 3 aromatic rings. The number of thiazole rings is 1. The van der Waals surface area contributed by atoms with Crippen LogP contribution in [0.5, 0.6) is 11.5 Å². The summed E-state index contributed by atoms with van der Waals surface area (Å²) in [6.45, 7) is 2.07. The third-order valence-electron chi connectivity index (χ3n) is 3.69. The summed E-state index contributed by atoms with van der Waals surface area (Å²) in [7, 11) is 1.44. The smallest absolute Gasteiger partial charge is 0.315 e. The Morgan fingerprint density at radius 3 is 2.75 bits per heavy atom. The topological polar surface area (TPSA) is 98.9 Å². The van der Waals surface area contributed by atoms with Gasteiger partial charge in [-0.25, -0.2) is 4.98 Å². The van der Waals surface area contributed by atoms with Gasteiger partial charge in [0.15, 0.2) is 5.75 Å². The molecule has 1 heterocycles. The van der Waals surface area contributed by atoms with Crippen LogP contribution in [-0.4, -0.2) is 23.2 Å². The van der Waals surface area contributed by atoms with E-state index >= 15 is 0 Å². The molecule has 0 saturated heterocycles. The maximum absolute atomic E-state index is 11.6. The molecule has 0 unspecified atom stereocenters. The number of nitrogens with one attached hydrogen (secondary N) is 1. The van der Waals surface area contributed by atoms with Gasteiger partial charge in [0.1, 0.15) is 6.61 Å². The molecule has 3 rings (SSSR count). The summed E-state index contributed by atoms with van der Waals surface area (Å²) in [5.41, 5.74) is 4.88. The van der Waals surface area contributed by atoms with Crippen molar-refractivity contribution in [2.24, 2.45) is 5.10 Å². The number of rotatable bonds is 8. The summed E-state index contributed by atoms with van der Waals surface area (Å²) < 4.78 is 11.0. The number of methoxy groups -OCH3 is 1. The van der Waals surface area contributed by atoms with Gasteiger partial charge in [-0.15, -0.1) is 11.3 Å². The highest BCUT2D eigenvalue weighted by Crippen LogP contribution is 2.38. The monoisotopic (exact) mass is 398 g/mol. The minimum Gasteiger partial charge on any atom is -0.493 e. The molecule has 2 aromatic carbocycles. The van der Waals surface area contributed by atoms with E-state index < -0.39 is 4.92 Å². The molecule has 0 fully saturated rings. The van der Waals surface area contributed by atoms with Gasteiger partial charge in [-0.05, 0) is 18.6 Å². The van der Waals surface area contributed by atoms with Gasteiger partial charge in [0.2, 0.25) is 10.9 Å². The van der Waals surface area contributed by atoms with Crippen molar-refractivity contribution in [1.29, 1.82) is 0 Å². The number of benzene rings is 2. The molecule has 9 heteroatoms. The molecule has 0 atom stereocenters. The van der Waals surface area contributed by atoms with Crippen LogP contribution in [0.1, 0.15) is 16.8 Å². The number of nitrogens with zero attached hydrogens (tertiary/aromatic N) is 3. The fourth-order valence-corrected chi connectivity index (χ4v) is 3.05. The lowest BCUT2D eigenvalue weighted by Crippen LogP contribution is -2.03. The summed E-state index contributed by atoms with van der Waals surface area (Å²) in [5, 5.41) is 18.2. The lowest BCUT2D eigenvalue weighted by molar-refractivity contribution is -0.386. The molecule has 1 aromatic heterocycles. The van der Waals surface area contributed by atoms with Crippen molar-refractivity contribution in [1.82, 2.24) is 4.98 Å². The number of hydrazone groups is 1. The van der Waals surface area contributed by atoms with Gasteiger partial charge >= 0.3 is 5.69 Å². The average molecular weight is 398 g/mol. The van der Waals surface area contributed by atoms with Crippen molar-refractivity contribution in [2.75, 3.05) is 12.5 Å². The fourth-order valence-electron chi connectivity index (χ4n) is 2.41. The molecule has 144 valence electrons. The van der Waals surface area contributed by atoms with Crippen LogP contribution in [0, 0.1) is 17.0 Å². The minimum atomic E-state index is -0.502. The SMILES string of the molecule is COc1cc(/C=N\Nc2nc(C)cs2)cc([N+](=O)[O-])c1OCc1ccccc1. The molecule has 0 amide bonds. The van der Waals surface area contributed by atoms with E-state index in [-0.39, 0.29) is 23.8 Å². The highest BCUT2D eigenvalue weighted by atomic mass is 32.1. The van der Waals surface area contributed by atoms with Crippen LogP contribution < -0.4 is 14.9 Å². The number of ether oxygens (including phenoxy) is 2. The zero-order chi connectivity index (χ0) is 19.9. The summed E-state index contributed by atoms with van der Waals surface area (Å²) in [6, 6.07) is 12.4. The number of nitro groups is 1. The maximum atomic E-state index is 11.6. The Morgan fingerprint density at radius 2 is 2.11 bits per heavy atom. The van der Waals surface area contributed by atoms with Gasteiger partial charge in [-0.1, -0.05) is 30.3 Å². The molecule has 0 aliphatic carbocycles. The maximum Gasteiger partial charge on any atom is 0.315 e. The van der Waals surface area contributed by atoms with Crippen LogP contribution in [0.4, 0.5) is 10.8 Å². The molecule has 1 N–H and O–H groups in total. The van der Waals surface area contributed by atoms with E-state index in [0.29, 0.717) is 10.7 Å². The first-order chi connectivity index (χ1) is 13.6. The van der Waals surface area contributed by atoms with E-state index in [1.807, 2.05) is 42.6 Å². The van der Waals surface area contributed by atoms with E-state index in [1.165, 1.54) is 30.7 Å². The zero-order valence-electron chi connectivity index (χ0n) is 15.3. The molecular formula is C19H18N4O4S. The molecule has 28 heavy (non-hydrogen) atoms. The quantitative estimate of drug-likeness (QED) is 0.343. The average Bonchev–Trinajstić information content (AvgIpc) is 3.12. The molecule has 0 radical (unpaired) electrons. The van der Waals surface area contributed by atoms with Crippen molar-refractivity contribution < 1.29 is 14.4 Å². The Balaban J connectivity index is 1.83. The lowest BCUT2D eigenvalue weighted by atomic mass is 10.1. The number of hydrogen-bond donors (Lipinski definition) is 1. The van der Waals surface area contributed by atoms with Crippen LogP contribution in [0.15, 0.2) is 52.9 Å². The number of aromatic nitrogens is 1. The summed E-state index contributed by atoms with van der Waals surface area (Å²) in [6.07, 6.45) is 1.47. The Labute approximate surface area is 165 Å². The molecule has 0 saturated carbocycles. The third-order valence-corrected chi connectivity index (χ3v) is 4.56. The molecule has 0 aliphatic rings. The molecule has 0 bridgehead atoms. The van der Waals surface area contributed by atoms with Gasteiger partial charge in [-0.2, -0.15) is 5.10 Å². The molecule has 0 aliphatic heterocycles. The van der Waals surface area contributed by atoms with E-state index in [1.54, 1.807) is 6.07 Å². The molecule has 8 nitrogen and oxygen atoms in total. The molecule has 0 spiro atoms. The number of aryl methyl sites for hydroxylation is 1. The van der Waals surface area contributed by atoms with Gasteiger partial charge in [0, 0.05) is 17.0 Å². The van der Waals surface area contributed by atoms with Crippen LogP contribution >= 0.6 is 11.3 Å². The van der Waals surface area contributed by atoms with Gasteiger partial charge in [0.05, 0.1) is 23.9 Å². The first kappa shape index (κ1) is 19.3. The Bertz CT molecular complexity index is 989. The van der Waals surface area contributed by atoms with Crippen molar-refractivity contribution in [2.45, 2.75) is 13.5 Å². The standard InChI is InChI=1S/C19H18N4O4S/c1-13-12-28-19(21-13)22-20-10-15-8-16(23(24)25)18(17(9-15)26-2)27-11-14-6-4-3-5-7-14/h3-10,12H,11H2,1-2H3,(H,21,22)/b20-10-. The number of anilines is 1. The van der Waals surface area contributed by atoms with Gasteiger partial charge in [0.25, 0.3) is 0 Å². The van der Waals surface area contributed by atoms with E-state index in [0.717, 1.165) is 11.3 Å². The first-order valence-electron chi connectivity index (χ1n) is 8.31. The summed E-state index contributed by atoms with van der Waals surface area (Å²) in [4.78, 5) is 15.3. The van der Waals surface area contributed by atoms with Gasteiger partial charge < -0.3 is 9.47 Å². The Morgan fingerprint density at radius 1 is 1.32 bits per heavy atom. The van der Waals surface area contributed by atoms with E-state index in [4.69, 9.17) is 9.47 Å². The first-order valence-corrected chi connectivity index (χ1v) is 9.19. The lowest BCUT2D eigenvalue weighted by Gasteiger charge is -2.12. The highest BCUT2D eigenvalue weighted by molar-refractivity contribution is 7.13. The summed E-state index contributed by atoms with van der Waals surface area (Å²) >= 11 is 1.42. The van der Waals surface area contributed by atoms with E-state index in [2.05, 4.69) is 15.5 Å². The zero-order valence-corrected chi connectivity index (χ0v) is 16.1. The second kappa shape index (κ2) is 8.96. The normalized spacial score (nSPS) is 10.8. The van der Waals surface area contributed by atoms with Crippen LogP contribution in [0.2, 0.25) is 0 Å². The minimum absolute atomic E-state index is 0.0806. The van der Waals surface area contributed by atoms with Crippen LogP contribution in [-0.2, 0) is 6.61 Å². The molecular weight excluding hydrogens is 380 g/mol. The van der Waals surface area contributed by atoms with Crippen molar-refractivity contribution in [3.8, 4) is 11.5 Å². The second-order valence-corrected chi connectivity index (χ2v) is 6.62.